The number of rotatable bonds is 9. The molecule has 1 aromatic carbocycles. The molecule has 0 aliphatic rings. The summed E-state index contributed by atoms with van der Waals surface area (Å²) < 4.78 is 10.4. The maximum absolute atomic E-state index is 12.0. The maximum Gasteiger partial charge on any atom is 0.224 e. The Morgan fingerprint density at radius 1 is 1.24 bits per heavy atom. The second-order valence-electron chi connectivity index (χ2n) is 5.01. The number of amides is 1. The number of ether oxygens (including phenoxy) is 2. The van der Waals surface area contributed by atoms with Crippen LogP contribution in [0.5, 0.6) is 11.5 Å². The van der Waals surface area contributed by atoms with E-state index < -0.39 is 0 Å². The van der Waals surface area contributed by atoms with Crippen LogP contribution >= 0.6 is 0 Å². The first kappa shape index (κ1) is 17.3. The van der Waals surface area contributed by atoms with Gasteiger partial charge < -0.3 is 20.5 Å². The summed E-state index contributed by atoms with van der Waals surface area (Å²) in [7, 11) is 3.15. The van der Waals surface area contributed by atoms with Crippen molar-refractivity contribution in [3.63, 3.8) is 0 Å². The molecule has 5 heteroatoms. The molecule has 1 rings (SSSR count). The molecule has 1 aromatic rings. The average Bonchev–Trinajstić information content (AvgIpc) is 2.51. The van der Waals surface area contributed by atoms with E-state index in [0.717, 1.165) is 19.3 Å². The minimum absolute atomic E-state index is 0.0118. The molecular formula is C16H26N2O3. The molecule has 0 heterocycles. The average molecular weight is 294 g/mol. The van der Waals surface area contributed by atoms with Gasteiger partial charge in [-0.25, -0.2) is 0 Å². The molecule has 1 atom stereocenters. The van der Waals surface area contributed by atoms with Crippen LogP contribution in [-0.4, -0.2) is 26.7 Å². The summed E-state index contributed by atoms with van der Waals surface area (Å²) in [6.07, 6.45) is 3.40. The Kier molecular flexibility index (Phi) is 7.61. The number of methoxy groups -OCH3 is 2. The van der Waals surface area contributed by atoms with Gasteiger partial charge in [-0.15, -0.1) is 0 Å². The van der Waals surface area contributed by atoms with Gasteiger partial charge in [0.05, 0.1) is 14.2 Å². The van der Waals surface area contributed by atoms with E-state index in [-0.39, 0.29) is 5.91 Å². The van der Waals surface area contributed by atoms with Crippen molar-refractivity contribution in [2.24, 2.45) is 11.7 Å². The number of nitrogens with one attached hydrogen (secondary N) is 1. The summed E-state index contributed by atoms with van der Waals surface area (Å²) in [5.74, 6) is 1.78. The van der Waals surface area contributed by atoms with Gasteiger partial charge >= 0.3 is 0 Å². The molecule has 1 amide bonds. The standard InChI is InChI=1S/C16H26N2O3/c1-4-12(9-10-17)5-8-16(19)18-13-6-7-14(20-2)15(11-13)21-3/h6-7,11-12H,4-5,8-10,17H2,1-3H3,(H,18,19). The second kappa shape index (κ2) is 9.23. The van der Waals surface area contributed by atoms with Gasteiger partial charge in [0.25, 0.3) is 0 Å². The lowest BCUT2D eigenvalue weighted by Crippen LogP contribution is -2.15. The van der Waals surface area contributed by atoms with Gasteiger partial charge in [0, 0.05) is 18.2 Å². The van der Waals surface area contributed by atoms with Crippen molar-refractivity contribution in [1.82, 2.24) is 0 Å². The first-order valence-corrected chi connectivity index (χ1v) is 7.36. The van der Waals surface area contributed by atoms with Crippen LogP contribution < -0.4 is 20.5 Å². The molecule has 0 saturated carbocycles. The van der Waals surface area contributed by atoms with Crippen LogP contribution in [0.2, 0.25) is 0 Å². The van der Waals surface area contributed by atoms with E-state index in [1.165, 1.54) is 0 Å². The molecule has 0 aromatic heterocycles. The van der Waals surface area contributed by atoms with E-state index in [1.54, 1.807) is 32.4 Å². The van der Waals surface area contributed by atoms with Crippen LogP contribution in [-0.2, 0) is 4.79 Å². The van der Waals surface area contributed by atoms with E-state index in [9.17, 15) is 4.79 Å². The summed E-state index contributed by atoms with van der Waals surface area (Å²) in [6, 6.07) is 5.34. The first-order valence-electron chi connectivity index (χ1n) is 7.36. The van der Waals surface area contributed by atoms with Gasteiger partial charge in [0.1, 0.15) is 0 Å². The number of carbonyl (C=O) groups excluding carboxylic acids is 1. The summed E-state index contributed by atoms with van der Waals surface area (Å²) in [5, 5.41) is 2.88. The van der Waals surface area contributed by atoms with Crippen molar-refractivity contribution in [3.8, 4) is 11.5 Å². The van der Waals surface area contributed by atoms with E-state index >= 15 is 0 Å². The molecule has 1 unspecified atom stereocenters. The molecule has 0 aliphatic carbocycles. The molecule has 0 saturated heterocycles. The van der Waals surface area contributed by atoms with Crippen molar-refractivity contribution in [3.05, 3.63) is 18.2 Å². The Balaban J connectivity index is 2.54. The summed E-state index contributed by atoms with van der Waals surface area (Å²) in [4.78, 5) is 12.0. The van der Waals surface area contributed by atoms with Crippen molar-refractivity contribution in [2.45, 2.75) is 32.6 Å². The van der Waals surface area contributed by atoms with Crippen LogP contribution in [0.25, 0.3) is 0 Å². The SMILES string of the molecule is CCC(CCN)CCC(=O)Nc1ccc(OC)c(OC)c1. The van der Waals surface area contributed by atoms with Gasteiger partial charge in [-0.05, 0) is 37.4 Å². The third kappa shape index (κ3) is 5.63. The Bertz CT molecular complexity index is 449. The highest BCUT2D eigenvalue weighted by atomic mass is 16.5. The number of hydrogen-bond donors (Lipinski definition) is 2. The number of anilines is 1. The fourth-order valence-corrected chi connectivity index (χ4v) is 2.26. The third-order valence-electron chi connectivity index (χ3n) is 3.60. The summed E-state index contributed by atoms with van der Waals surface area (Å²) >= 11 is 0. The predicted octanol–water partition coefficient (Wildman–Crippen LogP) is 2.80. The molecule has 3 N–H and O–H groups in total. The van der Waals surface area contributed by atoms with Crippen molar-refractivity contribution >= 4 is 11.6 Å². The van der Waals surface area contributed by atoms with E-state index in [0.29, 0.717) is 36.1 Å². The highest BCUT2D eigenvalue weighted by molar-refractivity contribution is 5.91. The Morgan fingerprint density at radius 3 is 2.52 bits per heavy atom. The van der Waals surface area contributed by atoms with Crippen molar-refractivity contribution in [2.75, 3.05) is 26.1 Å². The van der Waals surface area contributed by atoms with Crippen molar-refractivity contribution in [1.29, 1.82) is 0 Å². The summed E-state index contributed by atoms with van der Waals surface area (Å²) in [6.45, 7) is 2.81. The number of benzene rings is 1. The first-order chi connectivity index (χ1) is 10.1. The van der Waals surface area contributed by atoms with Gasteiger partial charge in [0.15, 0.2) is 11.5 Å². The van der Waals surface area contributed by atoms with Gasteiger partial charge in [-0.3, -0.25) is 4.79 Å². The molecular weight excluding hydrogens is 268 g/mol. The number of nitrogens with two attached hydrogens (primary N) is 1. The van der Waals surface area contributed by atoms with Crippen LogP contribution in [0, 0.1) is 5.92 Å². The quantitative estimate of drug-likeness (QED) is 0.734. The predicted molar refractivity (Wildman–Crippen MR) is 84.9 cm³/mol. The molecule has 0 spiro atoms. The molecule has 0 fully saturated rings. The topological polar surface area (TPSA) is 73.6 Å². The van der Waals surface area contributed by atoms with E-state index in [1.807, 2.05) is 0 Å². The molecule has 0 radical (unpaired) electrons. The van der Waals surface area contributed by atoms with E-state index in [4.69, 9.17) is 15.2 Å². The minimum atomic E-state index is 0.0118. The fourth-order valence-electron chi connectivity index (χ4n) is 2.26. The largest absolute Gasteiger partial charge is 0.493 e. The highest BCUT2D eigenvalue weighted by Gasteiger charge is 2.10. The Hall–Kier alpha value is -1.75. The third-order valence-corrected chi connectivity index (χ3v) is 3.60. The van der Waals surface area contributed by atoms with E-state index in [2.05, 4.69) is 12.2 Å². The smallest absolute Gasteiger partial charge is 0.224 e. The van der Waals surface area contributed by atoms with Crippen LogP contribution in [0.15, 0.2) is 18.2 Å². The van der Waals surface area contributed by atoms with Crippen molar-refractivity contribution < 1.29 is 14.3 Å². The second-order valence-corrected chi connectivity index (χ2v) is 5.01. The molecule has 5 nitrogen and oxygen atoms in total. The zero-order valence-electron chi connectivity index (χ0n) is 13.1. The lowest BCUT2D eigenvalue weighted by atomic mass is 9.96. The fraction of sp³-hybridized carbons (Fsp3) is 0.562. The molecule has 0 aliphatic heterocycles. The minimum Gasteiger partial charge on any atom is -0.493 e. The Morgan fingerprint density at radius 2 is 1.95 bits per heavy atom. The van der Waals surface area contributed by atoms with Crippen LogP contribution in [0.4, 0.5) is 5.69 Å². The number of hydrogen-bond acceptors (Lipinski definition) is 4. The monoisotopic (exact) mass is 294 g/mol. The zero-order chi connectivity index (χ0) is 15.7. The lowest BCUT2D eigenvalue weighted by molar-refractivity contribution is -0.116. The highest BCUT2D eigenvalue weighted by Crippen LogP contribution is 2.29. The van der Waals surface area contributed by atoms with Crippen LogP contribution in [0.3, 0.4) is 0 Å². The van der Waals surface area contributed by atoms with Gasteiger partial charge in [0.2, 0.25) is 5.91 Å². The molecule has 118 valence electrons. The van der Waals surface area contributed by atoms with Gasteiger partial charge in [-0.1, -0.05) is 13.3 Å². The normalized spacial score (nSPS) is 11.8. The van der Waals surface area contributed by atoms with Crippen LogP contribution in [0.1, 0.15) is 32.6 Å². The summed E-state index contributed by atoms with van der Waals surface area (Å²) in [5.41, 5.74) is 6.28. The Labute approximate surface area is 126 Å². The number of carbonyl (C=O) groups is 1. The lowest BCUT2D eigenvalue weighted by Gasteiger charge is -2.14. The van der Waals surface area contributed by atoms with Gasteiger partial charge in [-0.2, -0.15) is 0 Å². The molecule has 21 heavy (non-hydrogen) atoms. The molecule has 0 bridgehead atoms. The zero-order valence-corrected chi connectivity index (χ0v) is 13.1. The maximum atomic E-state index is 12.0.